The maximum Gasteiger partial charge on any atom is 0.167 e. The van der Waals surface area contributed by atoms with Gasteiger partial charge in [0.15, 0.2) is 58.2 Å². The topological polar surface area (TPSA) is 185 Å². The third-order valence-electron chi connectivity index (χ3n) is 23.7. The maximum atomic E-state index is 13.8. The Morgan fingerprint density at radius 3 is 0.754 bits per heavy atom. The van der Waals surface area contributed by atoms with E-state index in [9.17, 15) is 4.79 Å². The Balaban J connectivity index is 0.000000129. The van der Waals surface area contributed by atoms with Crippen molar-refractivity contribution in [3.8, 4) is 180 Å². The van der Waals surface area contributed by atoms with Crippen molar-refractivity contribution < 1.29 is 4.79 Å². The number of ketones is 1. The second-order valence-corrected chi connectivity index (χ2v) is 33.2. The summed E-state index contributed by atoms with van der Waals surface area (Å²) < 4.78 is 0.893. The average Bonchev–Trinajstić information content (AvgIpc) is 0.778. The molecule has 0 fully saturated rings. The zero-order chi connectivity index (χ0) is 90.5. The molecule has 22 aromatic rings. The van der Waals surface area contributed by atoms with Gasteiger partial charge in [-0.3, -0.25) is 4.79 Å². The van der Waals surface area contributed by atoms with Crippen molar-refractivity contribution in [1.82, 2.24) is 44.9 Å². The van der Waals surface area contributed by atoms with E-state index in [2.05, 4.69) is 246 Å². The Hall–Kier alpha value is -17.5. The molecule has 0 bridgehead atoms. The third kappa shape index (κ3) is 18.9. The van der Waals surface area contributed by atoms with Crippen LogP contribution in [-0.4, -0.2) is 50.6 Å². The zero-order valence-corrected chi connectivity index (χ0v) is 74.3. The number of nitrogen functional groups attached to an aromatic ring is 2. The number of halogens is 1. The molecule has 0 aliphatic carbocycles. The number of fused-ring (bicyclic) bond motifs is 2. The molecule has 0 aliphatic heterocycles. The molecule has 12 nitrogen and oxygen atoms in total. The van der Waals surface area contributed by atoms with Gasteiger partial charge in [0.25, 0.3) is 0 Å². The van der Waals surface area contributed by atoms with Crippen LogP contribution in [0.3, 0.4) is 0 Å². The van der Waals surface area contributed by atoms with Crippen molar-refractivity contribution in [2.75, 3.05) is 11.5 Å². The van der Waals surface area contributed by atoms with E-state index in [1.54, 1.807) is 0 Å². The molecule has 0 amide bonds. The van der Waals surface area contributed by atoms with Crippen LogP contribution < -0.4 is 11.5 Å². The van der Waals surface area contributed by atoms with Crippen molar-refractivity contribution in [3.63, 3.8) is 0 Å². The van der Waals surface area contributed by atoms with Crippen molar-refractivity contribution in [3.05, 3.63) is 489 Å². The molecule has 0 radical (unpaired) electrons. The van der Waals surface area contributed by atoms with Crippen molar-refractivity contribution in [2.45, 2.75) is 6.42 Å². The Bertz CT molecular complexity index is 7780. The van der Waals surface area contributed by atoms with E-state index in [0.29, 0.717) is 63.7 Å². The zero-order valence-electron chi connectivity index (χ0n) is 72.7. The Morgan fingerprint density at radius 1 is 0.194 bits per heavy atom. The number of nitrogens with zero attached hydrogens (tertiary/aromatic N) is 9. The molecule has 0 spiro atoms. The molecular weight excluding hydrogens is 1700 g/mol. The number of hydrogen-bond donors (Lipinski definition) is 2. The van der Waals surface area contributed by atoms with Crippen LogP contribution in [0.2, 0.25) is 0 Å². The summed E-state index contributed by atoms with van der Waals surface area (Å²) >= 11 is 3.45. The number of anilines is 2. The fraction of sp³-hybridized carbons (Fsp3) is 0.00826. The van der Waals surface area contributed by atoms with Crippen molar-refractivity contribution in [2.24, 2.45) is 0 Å². The first-order chi connectivity index (χ1) is 66.1. The quantitative estimate of drug-likeness (QED) is 0.0577. The summed E-state index contributed by atoms with van der Waals surface area (Å²) in [6.07, 6.45) is 0.268. The first-order valence-electron chi connectivity index (χ1n) is 44.3. The molecule has 0 aliphatic rings. The van der Waals surface area contributed by atoms with Gasteiger partial charge in [0.05, 0.1) is 0 Å². The molecule has 134 heavy (non-hydrogen) atoms. The molecule has 0 saturated heterocycles. The lowest BCUT2D eigenvalue weighted by atomic mass is 9.86. The average molecular weight is 1790 g/mol. The first-order valence-corrected chi connectivity index (χ1v) is 45.1. The summed E-state index contributed by atoms with van der Waals surface area (Å²) in [4.78, 5) is 57.3. The molecule has 22 rings (SSSR count). The second kappa shape index (κ2) is 39.2. The lowest BCUT2D eigenvalue weighted by Gasteiger charge is -2.17. The van der Waals surface area contributed by atoms with Gasteiger partial charge in [0.2, 0.25) is 0 Å². The van der Waals surface area contributed by atoms with Crippen LogP contribution in [0, 0.1) is 0 Å². The van der Waals surface area contributed by atoms with Gasteiger partial charge in [-0.1, -0.05) is 455 Å². The summed E-state index contributed by atoms with van der Waals surface area (Å²) in [5.74, 6) is 5.80. The lowest BCUT2D eigenvalue weighted by molar-refractivity contribution is 0.0993. The van der Waals surface area contributed by atoms with Gasteiger partial charge in [-0.25, -0.2) is 44.9 Å². The number of nitrogens with two attached hydrogens (primary N) is 2. The predicted molar refractivity (Wildman–Crippen MR) is 552 cm³/mol. The highest BCUT2D eigenvalue weighted by molar-refractivity contribution is 9.10. The van der Waals surface area contributed by atoms with Crippen LogP contribution in [-0.2, 0) is 6.42 Å². The Labute approximate surface area is 785 Å². The molecule has 4 N–H and O–H groups in total. The largest absolute Gasteiger partial charge is 0.398 e. The predicted octanol–water partition coefficient (Wildman–Crippen LogP) is 29.9. The minimum absolute atomic E-state index is 0.0790. The van der Waals surface area contributed by atoms with Crippen LogP contribution in [0.5, 0.6) is 0 Å². The number of Topliss-reactive ketones (excluding diaryl/α,β-unsaturated/α-hetero) is 1. The van der Waals surface area contributed by atoms with Gasteiger partial charge in [0, 0.05) is 83.5 Å². The van der Waals surface area contributed by atoms with Crippen LogP contribution in [0.15, 0.2) is 478 Å². The number of rotatable bonds is 19. The number of carbonyl (C=O) groups excluding carboxylic acids is 1. The van der Waals surface area contributed by atoms with Crippen LogP contribution in [0.1, 0.15) is 15.9 Å². The third-order valence-corrected chi connectivity index (χ3v) is 24.4. The molecule has 636 valence electrons. The first kappa shape index (κ1) is 84.6. The van der Waals surface area contributed by atoms with Gasteiger partial charge in [-0.15, -0.1) is 0 Å². The van der Waals surface area contributed by atoms with Crippen LogP contribution >= 0.6 is 15.9 Å². The number of benzene rings is 19. The number of aromatic nitrogens is 9. The summed E-state index contributed by atoms with van der Waals surface area (Å²) in [7, 11) is 0. The molecule has 0 unspecified atom stereocenters. The highest BCUT2D eigenvalue weighted by Crippen LogP contribution is 2.44. The molecular formula is C121H84BrN11O. The SMILES string of the molecule is Nc1cc(-c2ccc(-c3nc(-c4ccccc4)nc(-c4ccccc4)n3)cc2)ccc1-c1ccccc1-c1cccc2ccccc12.Nc1cc(-c2ccc(-c3nc(-c4ccccc4)nc(-c4ccccc4)n3)cc2)ccc1Br.O=C(Cc1cc(-c2ccc(-c3nc(-c4ccccc4)nc(-c4ccccc4)n3)cc2)ccc1-c1ccccc1-c1cccc2ccccc12)c1ccccc1. The summed E-state index contributed by atoms with van der Waals surface area (Å²) in [6.45, 7) is 0. The van der Waals surface area contributed by atoms with Crippen molar-refractivity contribution >= 4 is 54.6 Å². The van der Waals surface area contributed by atoms with E-state index >= 15 is 0 Å². The fourth-order valence-electron chi connectivity index (χ4n) is 16.9. The molecule has 19 aromatic carbocycles. The minimum atomic E-state index is 0.0790. The molecule has 3 heterocycles. The van der Waals surface area contributed by atoms with Gasteiger partial charge in [0.1, 0.15) is 0 Å². The van der Waals surface area contributed by atoms with E-state index < -0.39 is 0 Å². The second-order valence-electron chi connectivity index (χ2n) is 32.4. The van der Waals surface area contributed by atoms with Crippen LogP contribution in [0.25, 0.3) is 202 Å². The molecule has 13 heteroatoms. The monoisotopic (exact) mass is 1790 g/mol. The minimum Gasteiger partial charge on any atom is -0.398 e. The fourth-order valence-corrected chi connectivity index (χ4v) is 17.1. The molecule has 0 saturated carbocycles. The molecule has 0 atom stereocenters. The maximum absolute atomic E-state index is 13.8. The Kier molecular flexibility index (Phi) is 24.8. The van der Waals surface area contributed by atoms with E-state index in [1.165, 1.54) is 27.1 Å². The number of carbonyl (C=O) groups is 1. The lowest BCUT2D eigenvalue weighted by Crippen LogP contribution is -2.05. The highest BCUT2D eigenvalue weighted by atomic mass is 79.9. The van der Waals surface area contributed by atoms with Gasteiger partial charge >= 0.3 is 0 Å². The molecule has 3 aromatic heterocycles. The number of hydrogen-bond acceptors (Lipinski definition) is 12. The van der Waals surface area contributed by atoms with Gasteiger partial charge in [-0.2, -0.15) is 0 Å². The summed E-state index contributed by atoms with van der Waals surface area (Å²) in [6, 6.07) is 160. The van der Waals surface area contributed by atoms with Gasteiger partial charge < -0.3 is 11.5 Å². The smallest absolute Gasteiger partial charge is 0.167 e. The standard InChI is InChI=1S/C51H35N3O.C43H30N4.C27H19BrN4/c55-48(37-16-4-1-5-17-37)34-42-33-41(31-32-44(42)45-24-12-13-25-47(45)46-26-14-22-36-15-10-11-23-43(36)46)35-27-29-40(30-28-35)51-53-49(38-18-6-2-7-19-38)52-50(54-51)39-20-8-3-9-21-39;44-40-28-34(26-27-39(40)38-20-10-9-19-37(38)36-21-11-17-30-12-7-8-18-35(30)36)29-22-24-33(25-23-29)43-46-41(31-13-3-1-4-14-31)45-42(47-43)32-15-5-2-6-16-32;28-23-16-15-22(17-24(23)29)18-11-13-21(14-12-18)27-31-25(19-7-3-1-4-8-19)30-26(32-27)20-9-5-2-6-10-20/h1-33H,34H2;1-28H,44H2;1-17H,29H2. The summed E-state index contributed by atoms with van der Waals surface area (Å²) in [5.41, 5.74) is 39.6. The Morgan fingerprint density at radius 2 is 0.425 bits per heavy atom. The normalized spacial score (nSPS) is 11.0. The van der Waals surface area contributed by atoms with E-state index in [1.807, 2.05) is 243 Å². The van der Waals surface area contributed by atoms with E-state index in [-0.39, 0.29) is 12.2 Å². The van der Waals surface area contributed by atoms with E-state index in [0.717, 1.165) is 138 Å². The summed E-state index contributed by atoms with van der Waals surface area (Å²) in [5, 5.41) is 4.83. The highest BCUT2D eigenvalue weighted by Gasteiger charge is 2.22. The van der Waals surface area contributed by atoms with Gasteiger partial charge in [-0.05, 0) is 134 Å². The van der Waals surface area contributed by atoms with E-state index in [4.69, 9.17) is 56.3 Å². The van der Waals surface area contributed by atoms with Crippen LogP contribution in [0.4, 0.5) is 11.4 Å². The van der Waals surface area contributed by atoms with Crippen molar-refractivity contribution in [1.29, 1.82) is 0 Å².